The normalized spacial score (nSPS) is 21.4. The first kappa shape index (κ1) is 20.8. The molecule has 0 amide bonds. The lowest BCUT2D eigenvalue weighted by Crippen LogP contribution is -2.57. The number of aromatic nitrogens is 1. The number of ether oxygens (including phenoxy) is 2. The predicted molar refractivity (Wildman–Crippen MR) is 122 cm³/mol. The number of anilines is 1. The summed E-state index contributed by atoms with van der Waals surface area (Å²) in [4.78, 5) is 16.8. The fourth-order valence-electron chi connectivity index (χ4n) is 4.90. The lowest BCUT2D eigenvalue weighted by Gasteiger charge is -2.46. The Bertz CT molecular complexity index is 1110. The van der Waals surface area contributed by atoms with Gasteiger partial charge in [0.15, 0.2) is 11.4 Å². The van der Waals surface area contributed by atoms with E-state index in [1.807, 2.05) is 31.2 Å². The summed E-state index contributed by atoms with van der Waals surface area (Å²) in [5.41, 5.74) is 2.39. The molecule has 0 radical (unpaired) electrons. The molecule has 0 saturated carbocycles. The lowest BCUT2D eigenvalue weighted by atomic mass is 9.91. The van der Waals surface area contributed by atoms with Crippen LogP contribution < -0.4 is 9.64 Å². The maximum absolute atomic E-state index is 11.8. The Balaban J connectivity index is 1.19. The molecule has 0 bridgehead atoms. The van der Waals surface area contributed by atoms with Gasteiger partial charge in [0.05, 0.1) is 24.7 Å². The van der Waals surface area contributed by atoms with Crippen LogP contribution in [0.15, 0.2) is 47.0 Å². The van der Waals surface area contributed by atoms with Gasteiger partial charge in [-0.25, -0.2) is 4.79 Å². The minimum absolute atomic E-state index is 0.340. The smallest absolute Gasteiger partial charge is 0.337 e. The number of piperidine rings is 1. The van der Waals surface area contributed by atoms with E-state index in [-0.39, 0.29) is 5.97 Å². The summed E-state index contributed by atoms with van der Waals surface area (Å²) < 4.78 is 16.5. The quantitative estimate of drug-likeness (QED) is 0.563. The van der Waals surface area contributed by atoms with E-state index in [1.54, 1.807) is 12.1 Å². The Kier molecular flexibility index (Phi) is 5.74. The number of piperazine rings is 1. The molecule has 7 heteroatoms. The van der Waals surface area contributed by atoms with Crippen molar-refractivity contribution in [3.63, 3.8) is 0 Å². The number of aryl methyl sites for hydroxylation is 1. The van der Waals surface area contributed by atoms with Crippen LogP contribution >= 0.6 is 0 Å². The van der Waals surface area contributed by atoms with Gasteiger partial charge in [0.1, 0.15) is 5.75 Å². The van der Waals surface area contributed by atoms with E-state index in [2.05, 4.69) is 21.0 Å². The number of carbonyl (C=O) groups excluding carboxylic acids is 1. The number of benzene rings is 2. The molecule has 2 aliphatic heterocycles. The van der Waals surface area contributed by atoms with Crippen molar-refractivity contribution in [1.82, 2.24) is 10.1 Å². The molecule has 0 unspecified atom stereocenters. The van der Waals surface area contributed by atoms with E-state index in [4.69, 9.17) is 14.0 Å². The molecular formula is C25H29N3O4. The molecule has 1 aromatic heterocycles. The number of methoxy groups -OCH3 is 1. The Hall–Kier alpha value is -3.06. The Labute approximate surface area is 187 Å². The number of rotatable bonds is 5. The van der Waals surface area contributed by atoms with Gasteiger partial charge < -0.3 is 18.9 Å². The zero-order valence-electron chi connectivity index (χ0n) is 18.6. The maximum atomic E-state index is 11.8. The van der Waals surface area contributed by atoms with Crippen LogP contribution in [0.4, 0.5) is 5.82 Å². The highest BCUT2D eigenvalue weighted by atomic mass is 16.5. The summed E-state index contributed by atoms with van der Waals surface area (Å²) in [6.45, 7) is 6.63. The van der Waals surface area contributed by atoms with Crippen LogP contribution in [0.3, 0.4) is 0 Å². The van der Waals surface area contributed by atoms with Gasteiger partial charge in [0.2, 0.25) is 0 Å². The number of nitrogens with zero attached hydrogens (tertiary/aromatic N) is 3. The second-order valence-corrected chi connectivity index (χ2v) is 8.82. The van der Waals surface area contributed by atoms with Crippen molar-refractivity contribution in [2.24, 2.45) is 5.92 Å². The molecule has 7 nitrogen and oxygen atoms in total. The average molecular weight is 436 g/mol. The van der Waals surface area contributed by atoms with Crippen molar-refractivity contribution < 1.29 is 18.8 Å². The number of fused-ring (bicyclic) bond motifs is 2. The van der Waals surface area contributed by atoms with Gasteiger partial charge in [-0.15, -0.1) is 0 Å². The monoisotopic (exact) mass is 435 g/mol. The molecule has 32 heavy (non-hydrogen) atoms. The third kappa shape index (κ3) is 4.05. The van der Waals surface area contributed by atoms with Gasteiger partial charge in [0.25, 0.3) is 0 Å². The van der Waals surface area contributed by atoms with Crippen LogP contribution in [0.1, 0.15) is 28.8 Å². The standard InChI is InChI=1S/C25H29N3O4/c1-17-7-9-19(25(29)30-2)13-23(17)31-16-18-8-10-20-15-28(12-11-27(20)14-18)24-21-5-3-4-6-22(21)32-26-24/h3-7,9,13,18,20H,8,10-12,14-16H2,1-2H3/t18-,20+/m1/s1. The van der Waals surface area contributed by atoms with Crippen molar-refractivity contribution in [3.05, 3.63) is 53.6 Å². The first-order chi connectivity index (χ1) is 15.6. The van der Waals surface area contributed by atoms with Crippen molar-refractivity contribution >= 4 is 22.8 Å². The SMILES string of the molecule is COC(=O)c1ccc(C)c(OC[C@@H]2CC[C@H]3CN(c4noc5ccccc45)CCN3C2)c1. The highest BCUT2D eigenvalue weighted by molar-refractivity contribution is 5.90. The Morgan fingerprint density at radius 2 is 2.03 bits per heavy atom. The van der Waals surface area contributed by atoms with Crippen LogP contribution in [0.5, 0.6) is 5.75 Å². The van der Waals surface area contributed by atoms with Crippen molar-refractivity contribution in [3.8, 4) is 5.75 Å². The molecule has 0 aliphatic carbocycles. The summed E-state index contributed by atoms with van der Waals surface area (Å²) >= 11 is 0. The van der Waals surface area contributed by atoms with E-state index < -0.39 is 0 Å². The van der Waals surface area contributed by atoms with Gasteiger partial charge in [0, 0.05) is 38.1 Å². The first-order valence-electron chi connectivity index (χ1n) is 11.3. The lowest BCUT2D eigenvalue weighted by molar-refractivity contribution is 0.0598. The average Bonchev–Trinajstić information content (AvgIpc) is 3.27. The van der Waals surface area contributed by atoms with Crippen LogP contribution in [0, 0.1) is 12.8 Å². The molecule has 2 fully saturated rings. The topological polar surface area (TPSA) is 68.0 Å². The predicted octanol–water partition coefficient (Wildman–Crippen LogP) is 3.90. The molecule has 3 aromatic rings. The number of hydrogen-bond acceptors (Lipinski definition) is 7. The van der Waals surface area contributed by atoms with E-state index in [1.165, 1.54) is 7.11 Å². The number of para-hydroxylation sites is 1. The first-order valence-corrected chi connectivity index (χ1v) is 11.3. The van der Waals surface area contributed by atoms with Crippen LogP contribution in [-0.4, -0.2) is 62.0 Å². The van der Waals surface area contributed by atoms with Crippen molar-refractivity contribution in [1.29, 1.82) is 0 Å². The Morgan fingerprint density at radius 3 is 2.91 bits per heavy atom. The number of hydrogen-bond donors (Lipinski definition) is 0. The highest BCUT2D eigenvalue weighted by Gasteiger charge is 2.34. The number of esters is 1. The molecular weight excluding hydrogens is 406 g/mol. The van der Waals surface area contributed by atoms with Gasteiger partial charge in [-0.1, -0.05) is 23.4 Å². The van der Waals surface area contributed by atoms with Crippen molar-refractivity contribution in [2.45, 2.75) is 25.8 Å². The summed E-state index contributed by atoms with van der Waals surface area (Å²) in [6.07, 6.45) is 2.27. The summed E-state index contributed by atoms with van der Waals surface area (Å²) in [5, 5.41) is 5.44. The highest BCUT2D eigenvalue weighted by Crippen LogP contribution is 2.31. The molecule has 2 aromatic carbocycles. The van der Waals surface area contributed by atoms with Gasteiger partial charge in [-0.2, -0.15) is 0 Å². The largest absolute Gasteiger partial charge is 0.493 e. The fourth-order valence-corrected chi connectivity index (χ4v) is 4.90. The minimum Gasteiger partial charge on any atom is -0.493 e. The zero-order valence-corrected chi connectivity index (χ0v) is 18.6. The molecule has 2 aliphatic rings. The van der Waals surface area contributed by atoms with E-state index in [0.29, 0.717) is 24.1 Å². The summed E-state index contributed by atoms with van der Waals surface area (Å²) in [7, 11) is 1.39. The van der Waals surface area contributed by atoms with Crippen molar-refractivity contribution in [2.75, 3.05) is 44.8 Å². The second-order valence-electron chi connectivity index (χ2n) is 8.82. The molecule has 2 saturated heterocycles. The summed E-state index contributed by atoms with van der Waals surface area (Å²) in [6, 6.07) is 14.1. The van der Waals surface area contributed by atoms with E-state index in [0.717, 1.165) is 67.1 Å². The van der Waals surface area contributed by atoms with Crippen LogP contribution in [0.2, 0.25) is 0 Å². The van der Waals surface area contributed by atoms with Gasteiger partial charge in [-0.05, 0) is 49.6 Å². The number of carbonyl (C=O) groups is 1. The molecule has 0 spiro atoms. The molecule has 3 heterocycles. The second kappa shape index (κ2) is 8.82. The zero-order chi connectivity index (χ0) is 22.1. The molecule has 5 rings (SSSR count). The van der Waals surface area contributed by atoms with Gasteiger partial charge in [-0.3, -0.25) is 4.90 Å². The van der Waals surface area contributed by atoms with E-state index >= 15 is 0 Å². The third-order valence-corrected chi connectivity index (χ3v) is 6.75. The molecule has 168 valence electrons. The van der Waals surface area contributed by atoms with Crippen LogP contribution in [-0.2, 0) is 4.74 Å². The maximum Gasteiger partial charge on any atom is 0.337 e. The molecule has 2 atom stereocenters. The third-order valence-electron chi connectivity index (χ3n) is 6.75. The molecule has 0 N–H and O–H groups in total. The fraction of sp³-hybridized carbons (Fsp3) is 0.440. The summed E-state index contributed by atoms with van der Waals surface area (Å²) in [5.74, 6) is 1.87. The Morgan fingerprint density at radius 1 is 1.16 bits per heavy atom. The van der Waals surface area contributed by atoms with E-state index in [9.17, 15) is 4.79 Å². The van der Waals surface area contributed by atoms with Crippen LogP contribution in [0.25, 0.3) is 11.0 Å². The van der Waals surface area contributed by atoms with Gasteiger partial charge >= 0.3 is 5.97 Å². The minimum atomic E-state index is -0.340.